The first-order chi connectivity index (χ1) is 15.7. The molecule has 172 valence electrons. The number of carbonyl (C=O) groups is 2. The zero-order valence-electron chi connectivity index (χ0n) is 17.4. The SMILES string of the molecule is CN(CC(=O)OC(C(=O)Nc1ccc(F)cc1)c1ccccc1)S(=O)(=O)c1ccc(Cl)cc1. The van der Waals surface area contributed by atoms with Crippen molar-refractivity contribution in [2.75, 3.05) is 18.9 Å². The molecule has 3 aromatic carbocycles. The lowest BCUT2D eigenvalue weighted by Crippen LogP contribution is -2.35. The number of hydrogen-bond acceptors (Lipinski definition) is 5. The topological polar surface area (TPSA) is 92.8 Å². The maximum absolute atomic E-state index is 13.1. The lowest BCUT2D eigenvalue weighted by Gasteiger charge is -2.21. The third-order valence-corrected chi connectivity index (χ3v) is 6.64. The molecule has 0 aromatic heterocycles. The van der Waals surface area contributed by atoms with Crippen molar-refractivity contribution in [2.24, 2.45) is 0 Å². The Morgan fingerprint density at radius 3 is 2.21 bits per heavy atom. The Kier molecular flexibility index (Phi) is 7.80. The summed E-state index contributed by atoms with van der Waals surface area (Å²) in [5.41, 5.74) is 0.689. The summed E-state index contributed by atoms with van der Waals surface area (Å²) in [7, 11) is -2.76. The second kappa shape index (κ2) is 10.6. The van der Waals surface area contributed by atoms with E-state index in [2.05, 4.69) is 5.32 Å². The molecule has 0 heterocycles. The van der Waals surface area contributed by atoms with Gasteiger partial charge in [0.2, 0.25) is 16.1 Å². The van der Waals surface area contributed by atoms with Crippen LogP contribution in [0.25, 0.3) is 0 Å². The number of nitrogens with one attached hydrogen (secondary N) is 1. The summed E-state index contributed by atoms with van der Waals surface area (Å²) in [5.74, 6) is -2.08. The standard InChI is InChI=1S/C23H20ClFN2O5S/c1-27(33(30,31)20-13-7-17(24)8-14-20)15-21(28)32-22(16-5-3-2-4-6-16)23(29)26-19-11-9-18(25)10-12-19/h2-14,22H,15H2,1H3,(H,26,29). The Balaban J connectivity index is 1.75. The minimum Gasteiger partial charge on any atom is -0.446 e. The molecule has 0 bridgehead atoms. The molecule has 3 aromatic rings. The van der Waals surface area contributed by atoms with Crippen molar-refractivity contribution in [1.82, 2.24) is 4.31 Å². The largest absolute Gasteiger partial charge is 0.446 e. The number of amides is 1. The first kappa shape index (κ1) is 24.4. The summed E-state index contributed by atoms with van der Waals surface area (Å²) in [6.45, 7) is -0.627. The summed E-state index contributed by atoms with van der Waals surface area (Å²) >= 11 is 5.80. The van der Waals surface area contributed by atoms with Crippen molar-refractivity contribution in [3.05, 3.63) is 95.3 Å². The van der Waals surface area contributed by atoms with Gasteiger partial charge in [-0.15, -0.1) is 0 Å². The van der Waals surface area contributed by atoms with E-state index in [4.69, 9.17) is 16.3 Å². The Morgan fingerprint density at radius 1 is 1.00 bits per heavy atom. The van der Waals surface area contributed by atoms with Gasteiger partial charge in [0.25, 0.3) is 5.91 Å². The third-order valence-electron chi connectivity index (χ3n) is 4.58. The Hall–Kier alpha value is -3.27. The van der Waals surface area contributed by atoms with E-state index in [9.17, 15) is 22.4 Å². The number of sulfonamides is 1. The van der Waals surface area contributed by atoms with Crippen LogP contribution in [-0.4, -0.2) is 38.2 Å². The minimum absolute atomic E-state index is 0.0455. The fourth-order valence-corrected chi connectivity index (χ4v) is 4.11. The van der Waals surface area contributed by atoms with Gasteiger partial charge in [-0.25, -0.2) is 12.8 Å². The molecule has 0 aliphatic rings. The van der Waals surface area contributed by atoms with Crippen LogP contribution in [0.3, 0.4) is 0 Å². The van der Waals surface area contributed by atoms with Gasteiger partial charge in [-0.3, -0.25) is 9.59 Å². The quantitative estimate of drug-likeness (QED) is 0.481. The van der Waals surface area contributed by atoms with Gasteiger partial charge in [-0.05, 0) is 48.5 Å². The average Bonchev–Trinajstić information content (AvgIpc) is 2.79. The molecule has 1 N–H and O–H groups in total. The van der Waals surface area contributed by atoms with Crippen LogP contribution in [0.15, 0.2) is 83.8 Å². The highest BCUT2D eigenvalue weighted by molar-refractivity contribution is 7.89. The van der Waals surface area contributed by atoms with E-state index in [0.717, 1.165) is 4.31 Å². The second-order valence-electron chi connectivity index (χ2n) is 6.99. The number of ether oxygens (including phenoxy) is 1. The number of halogens is 2. The highest BCUT2D eigenvalue weighted by Gasteiger charge is 2.28. The van der Waals surface area contributed by atoms with E-state index < -0.39 is 40.4 Å². The Labute approximate surface area is 195 Å². The first-order valence-electron chi connectivity index (χ1n) is 9.69. The van der Waals surface area contributed by atoms with E-state index in [1.54, 1.807) is 30.3 Å². The molecule has 0 saturated carbocycles. The zero-order valence-corrected chi connectivity index (χ0v) is 19.0. The maximum Gasteiger partial charge on any atom is 0.322 e. The predicted molar refractivity (Wildman–Crippen MR) is 122 cm³/mol. The predicted octanol–water partition coefficient (Wildman–Crippen LogP) is 4.02. The summed E-state index contributed by atoms with van der Waals surface area (Å²) in [5, 5.41) is 2.93. The monoisotopic (exact) mass is 490 g/mol. The molecule has 1 atom stereocenters. The number of hydrogen-bond donors (Lipinski definition) is 1. The van der Waals surface area contributed by atoms with Crippen LogP contribution < -0.4 is 5.32 Å². The zero-order chi connectivity index (χ0) is 24.0. The molecule has 1 unspecified atom stereocenters. The normalized spacial score (nSPS) is 12.2. The van der Waals surface area contributed by atoms with Gasteiger partial charge in [0.1, 0.15) is 12.4 Å². The second-order valence-corrected chi connectivity index (χ2v) is 9.47. The van der Waals surface area contributed by atoms with Crippen LogP contribution in [-0.2, 0) is 24.3 Å². The van der Waals surface area contributed by atoms with Gasteiger partial charge < -0.3 is 10.1 Å². The van der Waals surface area contributed by atoms with E-state index in [0.29, 0.717) is 16.3 Å². The molecular formula is C23H20ClFN2O5S. The van der Waals surface area contributed by atoms with E-state index in [1.807, 2.05) is 0 Å². The molecule has 10 heteroatoms. The highest BCUT2D eigenvalue weighted by Crippen LogP contribution is 2.22. The van der Waals surface area contributed by atoms with Crippen molar-refractivity contribution in [1.29, 1.82) is 0 Å². The van der Waals surface area contributed by atoms with Gasteiger partial charge in [-0.1, -0.05) is 41.9 Å². The maximum atomic E-state index is 13.1. The van der Waals surface area contributed by atoms with Gasteiger partial charge in [0, 0.05) is 23.3 Å². The van der Waals surface area contributed by atoms with Crippen LogP contribution in [0.2, 0.25) is 5.02 Å². The molecule has 33 heavy (non-hydrogen) atoms. The van der Waals surface area contributed by atoms with Crippen LogP contribution in [0.4, 0.5) is 10.1 Å². The fraction of sp³-hybridized carbons (Fsp3) is 0.130. The summed E-state index contributed by atoms with van der Waals surface area (Å²) < 4.78 is 44.7. The van der Waals surface area contributed by atoms with Gasteiger partial charge in [-0.2, -0.15) is 4.31 Å². The third kappa shape index (κ3) is 6.38. The van der Waals surface area contributed by atoms with Gasteiger partial charge in [0.15, 0.2) is 0 Å². The van der Waals surface area contributed by atoms with Crippen LogP contribution in [0, 0.1) is 5.82 Å². The average molecular weight is 491 g/mol. The highest BCUT2D eigenvalue weighted by atomic mass is 35.5. The first-order valence-corrected chi connectivity index (χ1v) is 11.5. The minimum atomic E-state index is -3.99. The molecule has 7 nitrogen and oxygen atoms in total. The molecule has 0 saturated heterocycles. The number of anilines is 1. The molecule has 0 fully saturated rings. The van der Waals surface area contributed by atoms with E-state index in [1.165, 1.54) is 55.6 Å². The molecule has 0 aliphatic heterocycles. The van der Waals surface area contributed by atoms with Crippen molar-refractivity contribution in [3.8, 4) is 0 Å². The van der Waals surface area contributed by atoms with Crippen molar-refractivity contribution in [3.63, 3.8) is 0 Å². The number of likely N-dealkylation sites (N-methyl/N-ethyl adjacent to an activating group) is 1. The number of rotatable bonds is 8. The summed E-state index contributed by atoms with van der Waals surface area (Å²) in [4.78, 5) is 25.4. The molecule has 3 rings (SSSR count). The number of esters is 1. The summed E-state index contributed by atoms with van der Waals surface area (Å²) in [6.07, 6.45) is -1.35. The van der Waals surface area contributed by atoms with Gasteiger partial charge >= 0.3 is 5.97 Å². The van der Waals surface area contributed by atoms with Crippen molar-refractivity contribution < 1.29 is 27.1 Å². The van der Waals surface area contributed by atoms with E-state index in [-0.39, 0.29) is 4.90 Å². The van der Waals surface area contributed by atoms with Crippen molar-refractivity contribution in [2.45, 2.75) is 11.0 Å². The van der Waals surface area contributed by atoms with Crippen molar-refractivity contribution >= 4 is 39.2 Å². The molecule has 0 aliphatic carbocycles. The fourth-order valence-electron chi connectivity index (χ4n) is 2.86. The Morgan fingerprint density at radius 2 is 1.61 bits per heavy atom. The molecule has 1 amide bonds. The Bertz CT molecular complexity index is 1220. The lowest BCUT2D eigenvalue weighted by molar-refractivity contribution is -0.154. The number of benzene rings is 3. The van der Waals surface area contributed by atoms with E-state index >= 15 is 0 Å². The van der Waals surface area contributed by atoms with Crippen LogP contribution in [0.1, 0.15) is 11.7 Å². The van der Waals surface area contributed by atoms with Gasteiger partial charge in [0.05, 0.1) is 4.90 Å². The molecular weight excluding hydrogens is 471 g/mol. The number of carbonyl (C=O) groups excluding carboxylic acids is 2. The number of nitrogens with zero attached hydrogens (tertiary/aromatic N) is 1. The summed E-state index contributed by atoms with van der Waals surface area (Å²) in [6, 6.07) is 18.8. The molecule has 0 radical (unpaired) electrons. The lowest BCUT2D eigenvalue weighted by atomic mass is 10.1. The molecule has 0 spiro atoms. The van der Waals surface area contributed by atoms with Crippen LogP contribution in [0.5, 0.6) is 0 Å². The smallest absolute Gasteiger partial charge is 0.322 e. The van der Waals surface area contributed by atoms with Crippen LogP contribution >= 0.6 is 11.6 Å².